The number of carbonyl (C=O) groups excluding carboxylic acids is 2. The molecule has 2 aliphatic carbocycles. The first-order chi connectivity index (χ1) is 15.3. The molecule has 3 rings (SSSR count). The molecule has 6 nitrogen and oxygen atoms in total. The van der Waals surface area contributed by atoms with Gasteiger partial charge < -0.3 is 15.0 Å². The highest BCUT2D eigenvalue weighted by Crippen LogP contribution is 2.51. The minimum atomic E-state index is -0.408. The predicted octanol–water partition coefficient (Wildman–Crippen LogP) is 4.72. The van der Waals surface area contributed by atoms with E-state index in [2.05, 4.69) is 32.2 Å². The summed E-state index contributed by atoms with van der Waals surface area (Å²) in [7, 11) is 0. The number of nitriles is 1. The number of nitrogens with one attached hydrogen (secondary N) is 1. The van der Waals surface area contributed by atoms with Crippen molar-refractivity contribution in [2.24, 2.45) is 11.8 Å². The number of nitrogens with zero attached hydrogens (tertiary/aromatic N) is 2. The minimum Gasteiger partial charge on any atom is -0.459 e. The van der Waals surface area contributed by atoms with Crippen LogP contribution in [0, 0.1) is 23.2 Å². The molecular weight excluding hydrogens is 402 g/mol. The van der Waals surface area contributed by atoms with E-state index in [4.69, 9.17) is 4.74 Å². The number of fused-ring (bicyclic) bond motifs is 2. The number of esters is 1. The molecule has 3 aliphatic rings. The molecule has 1 saturated heterocycles. The second kappa shape index (κ2) is 11.0. The summed E-state index contributed by atoms with van der Waals surface area (Å²) < 4.78 is 6.25. The molecule has 3 fully saturated rings. The van der Waals surface area contributed by atoms with Crippen molar-refractivity contribution >= 4 is 11.9 Å². The SMILES string of the molecule is CCCCCCCC(=O)OC12CC(C[C@@H](C)C1)CC(C)(NCC(=O)N1CCC[C@H]1C#N)C2. The molecule has 5 atom stereocenters. The fraction of sp³-hybridized carbons (Fsp3) is 0.885. The van der Waals surface area contributed by atoms with Crippen molar-refractivity contribution in [3.63, 3.8) is 0 Å². The molecule has 0 aromatic rings. The van der Waals surface area contributed by atoms with Gasteiger partial charge in [-0.25, -0.2) is 0 Å². The summed E-state index contributed by atoms with van der Waals surface area (Å²) in [5, 5.41) is 12.8. The first-order valence-electron chi connectivity index (χ1n) is 12.9. The Hall–Kier alpha value is -1.61. The molecule has 180 valence electrons. The van der Waals surface area contributed by atoms with Crippen molar-refractivity contribution in [1.82, 2.24) is 10.2 Å². The van der Waals surface area contributed by atoms with E-state index in [0.717, 1.165) is 57.8 Å². The predicted molar refractivity (Wildman–Crippen MR) is 125 cm³/mol. The van der Waals surface area contributed by atoms with Crippen molar-refractivity contribution in [1.29, 1.82) is 5.26 Å². The van der Waals surface area contributed by atoms with Gasteiger partial charge in [0, 0.05) is 24.9 Å². The van der Waals surface area contributed by atoms with Gasteiger partial charge in [-0.05, 0) is 63.7 Å². The van der Waals surface area contributed by atoms with E-state index in [-0.39, 0.29) is 30.0 Å². The van der Waals surface area contributed by atoms with Crippen molar-refractivity contribution in [2.45, 2.75) is 121 Å². The van der Waals surface area contributed by atoms with Gasteiger partial charge in [-0.1, -0.05) is 39.5 Å². The quantitative estimate of drug-likeness (QED) is 0.388. The van der Waals surface area contributed by atoms with E-state index in [1.807, 2.05) is 0 Å². The maximum atomic E-state index is 12.8. The van der Waals surface area contributed by atoms with Crippen molar-refractivity contribution in [3.05, 3.63) is 0 Å². The second-order valence-electron chi connectivity index (χ2n) is 11.1. The van der Waals surface area contributed by atoms with E-state index in [9.17, 15) is 14.9 Å². The Morgan fingerprint density at radius 2 is 1.97 bits per heavy atom. The van der Waals surface area contributed by atoms with Gasteiger partial charge in [-0.3, -0.25) is 9.59 Å². The molecule has 0 spiro atoms. The Balaban J connectivity index is 1.58. The van der Waals surface area contributed by atoms with Gasteiger partial charge in [-0.15, -0.1) is 0 Å². The van der Waals surface area contributed by atoms with E-state index < -0.39 is 5.60 Å². The second-order valence-corrected chi connectivity index (χ2v) is 11.1. The summed E-state index contributed by atoms with van der Waals surface area (Å²) in [4.78, 5) is 27.2. The molecule has 0 aromatic heterocycles. The molecule has 1 N–H and O–H groups in total. The summed E-state index contributed by atoms with van der Waals surface area (Å²) >= 11 is 0. The molecule has 1 aliphatic heterocycles. The van der Waals surface area contributed by atoms with E-state index >= 15 is 0 Å². The van der Waals surface area contributed by atoms with Gasteiger partial charge in [0.2, 0.25) is 5.91 Å². The highest BCUT2D eigenvalue weighted by molar-refractivity contribution is 5.79. The molecule has 1 amide bonds. The maximum Gasteiger partial charge on any atom is 0.306 e. The molecule has 3 unspecified atom stereocenters. The number of rotatable bonds is 10. The monoisotopic (exact) mass is 445 g/mol. The topological polar surface area (TPSA) is 82.4 Å². The van der Waals surface area contributed by atoms with Crippen LogP contribution in [0.25, 0.3) is 0 Å². The average molecular weight is 446 g/mol. The van der Waals surface area contributed by atoms with Gasteiger partial charge >= 0.3 is 5.97 Å². The van der Waals surface area contributed by atoms with Crippen LogP contribution in [-0.2, 0) is 14.3 Å². The van der Waals surface area contributed by atoms with Crippen molar-refractivity contribution < 1.29 is 14.3 Å². The number of hydrogen-bond donors (Lipinski definition) is 1. The Bertz CT molecular complexity index is 701. The first-order valence-corrected chi connectivity index (χ1v) is 12.9. The van der Waals surface area contributed by atoms with Crippen LogP contribution in [-0.4, -0.2) is 47.0 Å². The lowest BCUT2D eigenvalue weighted by Gasteiger charge is -2.53. The third-order valence-electron chi connectivity index (χ3n) is 7.77. The molecular formula is C26H43N3O3. The number of likely N-dealkylation sites (tertiary alicyclic amines) is 1. The highest BCUT2D eigenvalue weighted by atomic mass is 16.6. The van der Waals surface area contributed by atoms with E-state index in [0.29, 0.717) is 24.8 Å². The summed E-state index contributed by atoms with van der Waals surface area (Å²) in [6.45, 7) is 7.58. The summed E-state index contributed by atoms with van der Waals surface area (Å²) in [6.07, 6.45) is 12.6. The Labute approximate surface area is 194 Å². The normalized spacial score (nSPS) is 34.2. The Morgan fingerprint density at radius 3 is 2.72 bits per heavy atom. The summed E-state index contributed by atoms with van der Waals surface area (Å²) in [5.41, 5.74) is -0.642. The number of hydrogen-bond acceptors (Lipinski definition) is 5. The van der Waals surface area contributed by atoms with Gasteiger partial charge in [0.15, 0.2) is 0 Å². The number of ether oxygens (including phenoxy) is 1. The van der Waals surface area contributed by atoms with E-state index in [1.54, 1.807) is 4.90 Å². The third-order valence-corrected chi connectivity index (χ3v) is 7.77. The standard InChI is InChI=1S/C26H43N3O3/c1-4-5-6-7-8-11-24(31)32-26-14-20(2)13-21(16-26)15-25(3,19-26)28-18-23(30)29-12-9-10-22(29)17-27/h20-22,28H,4-16,18-19H2,1-3H3/t20-,21?,22+,25?,26?/m1/s1. The molecule has 6 heteroatoms. The van der Waals surface area contributed by atoms with Crippen LogP contribution in [0.4, 0.5) is 0 Å². The van der Waals surface area contributed by atoms with Crippen LogP contribution in [0.5, 0.6) is 0 Å². The largest absolute Gasteiger partial charge is 0.459 e. The summed E-state index contributed by atoms with van der Waals surface area (Å²) in [5.74, 6) is 1.02. The fourth-order valence-corrected chi connectivity index (χ4v) is 6.71. The van der Waals surface area contributed by atoms with Crippen LogP contribution < -0.4 is 5.32 Å². The first kappa shape index (κ1) is 25.0. The molecule has 0 aromatic carbocycles. The highest BCUT2D eigenvalue weighted by Gasteiger charge is 2.52. The molecule has 1 heterocycles. The fourth-order valence-electron chi connectivity index (χ4n) is 6.71. The van der Waals surface area contributed by atoms with Crippen LogP contribution in [0.15, 0.2) is 0 Å². The minimum absolute atomic E-state index is 0.0116. The van der Waals surface area contributed by atoms with Gasteiger partial charge in [0.05, 0.1) is 12.6 Å². The zero-order valence-electron chi connectivity index (χ0n) is 20.5. The average Bonchev–Trinajstić information content (AvgIpc) is 3.19. The molecule has 0 radical (unpaired) electrons. The zero-order chi connectivity index (χ0) is 23.2. The molecule has 32 heavy (non-hydrogen) atoms. The van der Waals surface area contributed by atoms with Gasteiger partial charge in [0.1, 0.15) is 11.6 Å². The third kappa shape index (κ3) is 6.47. The van der Waals surface area contributed by atoms with Crippen molar-refractivity contribution in [3.8, 4) is 6.07 Å². The Morgan fingerprint density at radius 1 is 1.19 bits per heavy atom. The lowest BCUT2D eigenvalue weighted by Crippen LogP contribution is -2.60. The smallest absolute Gasteiger partial charge is 0.306 e. The van der Waals surface area contributed by atoms with Crippen LogP contribution in [0.3, 0.4) is 0 Å². The van der Waals surface area contributed by atoms with Gasteiger partial charge in [0.25, 0.3) is 0 Å². The van der Waals surface area contributed by atoms with E-state index in [1.165, 1.54) is 19.3 Å². The molecule has 2 bridgehead atoms. The number of unbranched alkanes of at least 4 members (excludes halogenated alkanes) is 4. The Kier molecular flexibility index (Phi) is 8.61. The van der Waals surface area contributed by atoms with Gasteiger partial charge in [-0.2, -0.15) is 5.26 Å². The van der Waals surface area contributed by atoms with Crippen LogP contribution >= 0.6 is 0 Å². The summed E-state index contributed by atoms with van der Waals surface area (Å²) in [6, 6.07) is 1.97. The number of carbonyl (C=O) groups is 2. The van der Waals surface area contributed by atoms with Crippen molar-refractivity contribution in [2.75, 3.05) is 13.1 Å². The zero-order valence-corrected chi connectivity index (χ0v) is 20.5. The lowest BCUT2D eigenvalue weighted by molar-refractivity contribution is -0.178. The maximum absolute atomic E-state index is 12.8. The molecule has 2 saturated carbocycles. The van der Waals surface area contributed by atoms with Crippen LogP contribution in [0.1, 0.15) is 104 Å². The lowest BCUT2D eigenvalue weighted by atomic mass is 9.60. The number of amides is 1. The van der Waals surface area contributed by atoms with Crippen LogP contribution in [0.2, 0.25) is 0 Å².